The van der Waals surface area contributed by atoms with Crippen LogP contribution < -0.4 is 5.73 Å². The van der Waals surface area contributed by atoms with E-state index in [2.05, 4.69) is 4.98 Å². The molecular weight excluding hydrogens is 184 g/mol. The summed E-state index contributed by atoms with van der Waals surface area (Å²) in [6.45, 7) is 1.97. The Kier molecular flexibility index (Phi) is 1.85. The van der Waals surface area contributed by atoms with Crippen LogP contribution in [-0.4, -0.2) is 4.98 Å². The van der Waals surface area contributed by atoms with Gasteiger partial charge in [-0.25, -0.2) is 4.98 Å². The highest BCUT2D eigenvalue weighted by atomic mass is 35.5. The van der Waals surface area contributed by atoms with Gasteiger partial charge in [-0.15, -0.1) is 0 Å². The molecule has 66 valence electrons. The number of fused-ring (bicyclic) bond motifs is 1. The Bertz CT molecular complexity index is 457. The first-order valence-electron chi connectivity index (χ1n) is 3.99. The summed E-state index contributed by atoms with van der Waals surface area (Å²) in [5, 5.41) is 2.65. The minimum absolute atomic E-state index is 0.531. The average molecular weight is 193 g/mol. The van der Waals surface area contributed by atoms with Gasteiger partial charge < -0.3 is 5.73 Å². The Labute approximate surface area is 81.3 Å². The molecule has 0 radical (unpaired) electrons. The van der Waals surface area contributed by atoms with Crippen molar-refractivity contribution in [1.82, 2.24) is 4.98 Å². The summed E-state index contributed by atoms with van der Waals surface area (Å²) in [4.78, 5) is 4.07. The lowest BCUT2D eigenvalue weighted by molar-refractivity contribution is 1.31. The molecule has 3 heteroatoms. The average Bonchev–Trinajstić information content (AvgIpc) is 2.12. The normalized spacial score (nSPS) is 10.6. The zero-order valence-corrected chi connectivity index (χ0v) is 7.97. The molecule has 0 atom stereocenters. The van der Waals surface area contributed by atoms with Crippen molar-refractivity contribution in [3.63, 3.8) is 0 Å². The molecule has 1 aromatic carbocycles. The van der Waals surface area contributed by atoms with Crippen LogP contribution in [0.5, 0.6) is 0 Å². The highest BCUT2D eigenvalue weighted by molar-refractivity contribution is 6.36. The molecule has 2 rings (SSSR count). The molecule has 0 spiro atoms. The molecule has 0 aliphatic carbocycles. The predicted molar refractivity (Wildman–Crippen MR) is 55.9 cm³/mol. The largest absolute Gasteiger partial charge is 0.383 e. The number of aryl methyl sites for hydroxylation is 1. The Morgan fingerprint density at radius 2 is 2.15 bits per heavy atom. The third kappa shape index (κ3) is 1.23. The van der Waals surface area contributed by atoms with Crippen LogP contribution >= 0.6 is 11.6 Å². The van der Waals surface area contributed by atoms with Gasteiger partial charge in [-0.05, 0) is 18.6 Å². The van der Waals surface area contributed by atoms with E-state index in [1.54, 1.807) is 6.20 Å². The van der Waals surface area contributed by atoms with E-state index < -0.39 is 0 Å². The maximum absolute atomic E-state index is 6.05. The van der Waals surface area contributed by atoms with E-state index in [1.165, 1.54) is 0 Å². The van der Waals surface area contributed by atoms with Gasteiger partial charge in [0.15, 0.2) is 0 Å². The molecule has 2 nitrogen and oxygen atoms in total. The minimum atomic E-state index is 0.531. The smallest absolute Gasteiger partial charge is 0.131 e. The summed E-state index contributed by atoms with van der Waals surface area (Å²) < 4.78 is 0. The highest BCUT2D eigenvalue weighted by Crippen LogP contribution is 2.28. The van der Waals surface area contributed by atoms with Crippen LogP contribution in [0.15, 0.2) is 24.4 Å². The lowest BCUT2D eigenvalue weighted by Crippen LogP contribution is -1.93. The van der Waals surface area contributed by atoms with Crippen molar-refractivity contribution < 1.29 is 0 Å². The Hall–Kier alpha value is -1.28. The van der Waals surface area contributed by atoms with Gasteiger partial charge in [0.25, 0.3) is 0 Å². The van der Waals surface area contributed by atoms with E-state index in [4.69, 9.17) is 17.3 Å². The van der Waals surface area contributed by atoms with Crippen LogP contribution in [0.4, 0.5) is 5.82 Å². The zero-order valence-electron chi connectivity index (χ0n) is 7.21. The molecule has 0 aliphatic rings. The number of nitrogens with zero attached hydrogens (tertiary/aromatic N) is 1. The number of nitrogen functional groups attached to an aromatic ring is 1. The SMILES string of the molecule is Cc1cnc(N)c2cccc(Cl)c12. The molecule has 0 saturated heterocycles. The second-order valence-corrected chi connectivity index (χ2v) is 3.40. The maximum Gasteiger partial charge on any atom is 0.131 e. The van der Waals surface area contributed by atoms with Crippen molar-refractivity contribution in [3.05, 3.63) is 35.0 Å². The molecular formula is C10H9ClN2. The van der Waals surface area contributed by atoms with Gasteiger partial charge in [-0.1, -0.05) is 23.7 Å². The predicted octanol–water partition coefficient (Wildman–Crippen LogP) is 2.78. The van der Waals surface area contributed by atoms with E-state index >= 15 is 0 Å². The summed E-state index contributed by atoms with van der Waals surface area (Å²) in [5.74, 6) is 0.531. The first-order valence-corrected chi connectivity index (χ1v) is 4.37. The lowest BCUT2D eigenvalue weighted by Gasteiger charge is -2.05. The molecule has 0 amide bonds. The number of rotatable bonds is 0. The van der Waals surface area contributed by atoms with E-state index in [-0.39, 0.29) is 0 Å². The van der Waals surface area contributed by atoms with Gasteiger partial charge in [0, 0.05) is 22.0 Å². The first kappa shape index (κ1) is 8.32. The Morgan fingerprint density at radius 1 is 1.38 bits per heavy atom. The van der Waals surface area contributed by atoms with Crippen LogP contribution in [-0.2, 0) is 0 Å². The van der Waals surface area contributed by atoms with Crippen LogP contribution in [0.25, 0.3) is 10.8 Å². The molecule has 2 aromatic rings. The summed E-state index contributed by atoms with van der Waals surface area (Å²) in [5.41, 5.74) is 6.77. The zero-order chi connectivity index (χ0) is 9.42. The van der Waals surface area contributed by atoms with Crippen LogP contribution in [0.2, 0.25) is 5.02 Å². The number of benzene rings is 1. The molecule has 0 saturated carbocycles. The molecule has 0 bridgehead atoms. The summed E-state index contributed by atoms with van der Waals surface area (Å²) in [7, 11) is 0. The first-order chi connectivity index (χ1) is 6.20. The number of pyridine rings is 1. The maximum atomic E-state index is 6.05. The lowest BCUT2D eigenvalue weighted by atomic mass is 10.1. The quantitative estimate of drug-likeness (QED) is 0.697. The number of hydrogen-bond donors (Lipinski definition) is 1. The third-order valence-corrected chi connectivity index (χ3v) is 2.40. The molecule has 0 fully saturated rings. The van der Waals surface area contributed by atoms with Gasteiger partial charge in [-0.3, -0.25) is 0 Å². The number of aromatic nitrogens is 1. The number of nitrogens with two attached hydrogens (primary N) is 1. The monoisotopic (exact) mass is 192 g/mol. The molecule has 2 N–H and O–H groups in total. The number of anilines is 1. The van der Waals surface area contributed by atoms with Gasteiger partial charge in [-0.2, -0.15) is 0 Å². The fraction of sp³-hybridized carbons (Fsp3) is 0.100. The molecule has 0 unspecified atom stereocenters. The van der Waals surface area contributed by atoms with Crippen molar-refractivity contribution in [3.8, 4) is 0 Å². The standard InChI is InChI=1S/C10H9ClN2/c1-6-5-13-10(12)7-3-2-4-8(11)9(6)7/h2-5H,1H3,(H2,12,13). The Balaban J connectivity index is 3.00. The molecule has 13 heavy (non-hydrogen) atoms. The summed E-state index contributed by atoms with van der Waals surface area (Å²) >= 11 is 6.05. The fourth-order valence-corrected chi connectivity index (χ4v) is 1.76. The van der Waals surface area contributed by atoms with Crippen molar-refractivity contribution in [2.24, 2.45) is 0 Å². The third-order valence-electron chi connectivity index (χ3n) is 2.08. The van der Waals surface area contributed by atoms with Crippen LogP contribution in [0.1, 0.15) is 5.56 Å². The van der Waals surface area contributed by atoms with E-state index in [0.717, 1.165) is 21.4 Å². The van der Waals surface area contributed by atoms with Crippen LogP contribution in [0.3, 0.4) is 0 Å². The molecule has 1 aromatic heterocycles. The van der Waals surface area contributed by atoms with Gasteiger partial charge in [0.2, 0.25) is 0 Å². The van der Waals surface area contributed by atoms with Crippen molar-refractivity contribution >= 4 is 28.2 Å². The van der Waals surface area contributed by atoms with Crippen molar-refractivity contribution in [2.45, 2.75) is 6.92 Å². The van der Waals surface area contributed by atoms with Gasteiger partial charge in [0.05, 0.1) is 0 Å². The second-order valence-electron chi connectivity index (χ2n) is 2.99. The van der Waals surface area contributed by atoms with Gasteiger partial charge >= 0.3 is 0 Å². The van der Waals surface area contributed by atoms with Crippen molar-refractivity contribution in [2.75, 3.05) is 5.73 Å². The molecule has 1 heterocycles. The number of hydrogen-bond acceptors (Lipinski definition) is 2. The molecule has 0 aliphatic heterocycles. The summed E-state index contributed by atoms with van der Waals surface area (Å²) in [6.07, 6.45) is 1.74. The van der Waals surface area contributed by atoms with Crippen molar-refractivity contribution in [1.29, 1.82) is 0 Å². The van der Waals surface area contributed by atoms with E-state index in [0.29, 0.717) is 5.82 Å². The second kappa shape index (κ2) is 2.89. The fourth-order valence-electron chi connectivity index (χ4n) is 1.44. The summed E-state index contributed by atoms with van der Waals surface area (Å²) in [6, 6.07) is 5.66. The van der Waals surface area contributed by atoms with E-state index in [9.17, 15) is 0 Å². The van der Waals surface area contributed by atoms with E-state index in [1.807, 2.05) is 25.1 Å². The number of halogens is 1. The topological polar surface area (TPSA) is 38.9 Å². The Morgan fingerprint density at radius 3 is 2.85 bits per heavy atom. The highest BCUT2D eigenvalue weighted by Gasteiger charge is 2.04. The van der Waals surface area contributed by atoms with Gasteiger partial charge in [0.1, 0.15) is 5.82 Å². The van der Waals surface area contributed by atoms with Crippen LogP contribution in [0, 0.1) is 6.92 Å². The minimum Gasteiger partial charge on any atom is -0.383 e.